The summed E-state index contributed by atoms with van der Waals surface area (Å²) in [5.41, 5.74) is 2.00. The number of benzene rings is 2. The molecule has 0 radical (unpaired) electrons. The van der Waals surface area contributed by atoms with Crippen molar-refractivity contribution >= 4 is 44.6 Å². The molecule has 1 aromatic heterocycles. The van der Waals surface area contributed by atoms with Crippen molar-refractivity contribution in [1.29, 1.82) is 0 Å². The van der Waals surface area contributed by atoms with Crippen molar-refractivity contribution in [1.82, 2.24) is 0 Å². The number of hydrogen-bond acceptors (Lipinski definition) is 3. The van der Waals surface area contributed by atoms with Crippen LogP contribution in [0.3, 0.4) is 0 Å². The zero-order valence-electron chi connectivity index (χ0n) is 13.8. The van der Waals surface area contributed by atoms with E-state index < -0.39 is 0 Å². The molecule has 124 valence electrons. The van der Waals surface area contributed by atoms with Crippen LogP contribution in [0.15, 0.2) is 42.5 Å². The van der Waals surface area contributed by atoms with Gasteiger partial charge in [-0.1, -0.05) is 23.7 Å². The van der Waals surface area contributed by atoms with Crippen LogP contribution in [-0.2, 0) is 0 Å². The molecule has 0 N–H and O–H groups in total. The van der Waals surface area contributed by atoms with E-state index in [4.69, 9.17) is 16.3 Å². The fourth-order valence-corrected chi connectivity index (χ4v) is 4.11. The van der Waals surface area contributed by atoms with E-state index in [0.29, 0.717) is 16.4 Å². The Hall–Kier alpha value is -2.04. The number of methoxy groups -OCH3 is 1. The van der Waals surface area contributed by atoms with Crippen LogP contribution in [-0.4, -0.2) is 19.6 Å². The largest absolute Gasteiger partial charge is 0.497 e. The molecule has 24 heavy (non-hydrogen) atoms. The number of fused-ring (bicyclic) bond motifs is 1. The van der Waals surface area contributed by atoms with E-state index in [1.165, 1.54) is 11.3 Å². The van der Waals surface area contributed by atoms with Gasteiger partial charge in [-0.2, -0.15) is 0 Å². The molecule has 0 aliphatic carbocycles. The summed E-state index contributed by atoms with van der Waals surface area (Å²) in [5.74, 6) is 0.653. The number of anilines is 1. The first kappa shape index (κ1) is 16.8. The van der Waals surface area contributed by atoms with E-state index in [-0.39, 0.29) is 5.91 Å². The van der Waals surface area contributed by atoms with Gasteiger partial charge in [0.1, 0.15) is 10.6 Å². The Morgan fingerprint density at radius 2 is 2.04 bits per heavy atom. The summed E-state index contributed by atoms with van der Waals surface area (Å²) >= 11 is 7.92. The Morgan fingerprint density at radius 1 is 1.25 bits per heavy atom. The number of hydrogen-bond donors (Lipinski definition) is 0. The highest BCUT2D eigenvalue weighted by atomic mass is 35.5. The average molecular weight is 360 g/mol. The molecular formula is C19H18ClNO2S. The number of rotatable bonds is 4. The summed E-state index contributed by atoms with van der Waals surface area (Å²) in [7, 11) is 1.62. The highest BCUT2D eigenvalue weighted by molar-refractivity contribution is 7.21. The van der Waals surface area contributed by atoms with Crippen molar-refractivity contribution in [2.24, 2.45) is 0 Å². The Morgan fingerprint density at radius 3 is 2.71 bits per heavy atom. The third-order valence-electron chi connectivity index (χ3n) is 3.90. The van der Waals surface area contributed by atoms with Gasteiger partial charge in [-0.25, -0.2) is 0 Å². The zero-order valence-corrected chi connectivity index (χ0v) is 15.4. The van der Waals surface area contributed by atoms with E-state index >= 15 is 0 Å². The Balaban J connectivity index is 2.05. The maximum absolute atomic E-state index is 13.1. The fraction of sp³-hybridized carbons (Fsp3) is 0.211. The molecule has 2 aromatic carbocycles. The second kappa shape index (κ2) is 6.83. The molecule has 3 nitrogen and oxygen atoms in total. The van der Waals surface area contributed by atoms with Gasteiger partial charge < -0.3 is 9.64 Å². The van der Waals surface area contributed by atoms with Gasteiger partial charge in [-0.15, -0.1) is 11.3 Å². The van der Waals surface area contributed by atoms with E-state index in [1.807, 2.05) is 56.3 Å². The first-order chi connectivity index (χ1) is 11.5. The minimum Gasteiger partial charge on any atom is -0.497 e. The van der Waals surface area contributed by atoms with Crippen LogP contribution in [0, 0.1) is 6.92 Å². The lowest BCUT2D eigenvalue weighted by Crippen LogP contribution is -2.30. The van der Waals surface area contributed by atoms with Gasteiger partial charge in [-0.3, -0.25) is 4.79 Å². The average Bonchev–Trinajstić information content (AvgIpc) is 2.92. The highest BCUT2D eigenvalue weighted by Gasteiger charge is 2.23. The lowest BCUT2D eigenvalue weighted by atomic mass is 10.2. The molecule has 0 saturated carbocycles. The summed E-state index contributed by atoms with van der Waals surface area (Å²) in [4.78, 5) is 15.4. The molecule has 0 unspecified atom stereocenters. The Bertz CT molecular complexity index is 904. The van der Waals surface area contributed by atoms with Gasteiger partial charge in [0.25, 0.3) is 5.91 Å². The number of amides is 1. The first-order valence-electron chi connectivity index (χ1n) is 7.69. The number of aryl methyl sites for hydroxylation is 1. The van der Waals surface area contributed by atoms with Gasteiger partial charge in [0.15, 0.2) is 0 Å². The van der Waals surface area contributed by atoms with Gasteiger partial charge >= 0.3 is 0 Å². The lowest BCUT2D eigenvalue weighted by molar-refractivity contribution is 0.0992. The van der Waals surface area contributed by atoms with Crippen molar-refractivity contribution in [3.63, 3.8) is 0 Å². The molecule has 0 bridgehead atoms. The van der Waals surface area contributed by atoms with Crippen LogP contribution >= 0.6 is 22.9 Å². The normalized spacial score (nSPS) is 10.8. The maximum atomic E-state index is 13.1. The van der Waals surface area contributed by atoms with Gasteiger partial charge in [0.05, 0.1) is 12.1 Å². The van der Waals surface area contributed by atoms with Crippen molar-refractivity contribution in [2.75, 3.05) is 18.6 Å². The molecule has 0 aliphatic heterocycles. The van der Waals surface area contributed by atoms with Crippen molar-refractivity contribution < 1.29 is 9.53 Å². The molecule has 0 saturated heterocycles. The summed E-state index contributed by atoms with van der Waals surface area (Å²) in [6.07, 6.45) is 0. The smallest absolute Gasteiger partial charge is 0.269 e. The molecule has 5 heteroatoms. The van der Waals surface area contributed by atoms with Gasteiger partial charge in [-0.05, 0) is 49.7 Å². The number of carbonyl (C=O) groups is 1. The SMILES string of the molecule is CCN(C(=O)c1sc2ccc(OC)cc2c1Cl)c1cccc(C)c1. The summed E-state index contributed by atoms with van der Waals surface area (Å²) in [6, 6.07) is 13.6. The fourth-order valence-electron chi connectivity index (χ4n) is 2.67. The van der Waals surface area contributed by atoms with Gasteiger partial charge in [0, 0.05) is 22.3 Å². The third-order valence-corrected chi connectivity index (χ3v) is 5.57. The topological polar surface area (TPSA) is 29.5 Å². The number of carbonyl (C=O) groups excluding carboxylic acids is 1. The van der Waals surface area contributed by atoms with Crippen molar-refractivity contribution in [2.45, 2.75) is 13.8 Å². The Labute approximate surface area is 150 Å². The van der Waals surface area contributed by atoms with Crippen LogP contribution in [0.4, 0.5) is 5.69 Å². The lowest BCUT2D eigenvalue weighted by Gasteiger charge is -2.21. The molecule has 0 aliphatic rings. The number of thiophene rings is 1. The second-order valence-corrected chi connectivity index (χ2v) is 6.93. The zero-order chi connectivity index (χ0) is 17.3. The number of nitrogens with zero attached hydrogens (tertiary/aromatic N) is 1. The number of ether oxygens (including phenoxy) is 1. The molecule has 1 amide bonds. The summed E-state index contributed by atoms with van der Waals surface area (Å²) in [6.45, 7) is 4.56. The summed E-state index contributed by atoms with van der Waals surface area (Å²) < 4.78 is 6.23. The van der Waals surface area contributed by atoms with Crippen LogP contribution < -0.4 is 9.64 Å². The monoisotopic (exact) mass is 359 g/mol. The van der Waals surface area contributed by atoms with Crippen LogP contribution in [0.2, 0.25) is 5.02 Å². The molecule has 3 aromatic rings. The molecule has 0 spiro atoms. The number of halogens is 1. The quantitative estimate of drug-likeness (QED) is 0.612. The minimum absolute atomic E-state index is 0.0757. The van der Waals surface area contributed by atoms with E-state index in [9.17, 15) is 4.79 Å². The minimum atomic E-state index is -0.0757. The Kier molecular flexibility index (Phi) is 4.78. The van der Waals surface area contributed by atoms with Crippen LogP contribution in [0.5, 0.6) is 5.75 Å². The highest BCUT2D eigenvalue weighted by Crippen LogP contribution is 2.38. The molecule has 3 rings (SSSR count). The molecule has 1 heterocycles. The van der Waals surface area contributed by atoms with E-state index in [2.05, 4.69) is 0 Å². The maximum Gasteiger partial charge on any atom is 0.269 e. The van der Waals surface area contributed by atoms with Crippen LogP contribution in [0.1, 0.15) is 22.2 Å². The molecule has 0 atom stereocenters. The predicted molar refractivity (Wildman–Crippen MR) is 102 cm³/mol. The molecule has 0 fully saturated rings. The van der Waals surface area contributed by atoms with Crippen molar-refractivity contribution in [3.8, 4) is 5.75 Å². The standard InChI is InChI=1S/C19H18ClNO2S/c1-4-21(13-7-5-6-12(2)10-13)19(22)18-17(20)15-11-14(23-3)8-9-16(15)24-18/h5-11H,4H2,1-3H3. The second-order valence-electron chi connectivity index (χ2n) is 5.50. The van der Waals surface area contributed by atoms with Crippen LogP contribution in [0.25, 0.3) is 10.1 Å². The van der Waals surface area contributed by atoms with E-state index in [0.717, 1.165) is 27.1 Å². The predicted octanol–water partition coefficient (Wildman–Crippen LogP) is 5.54. The van der Waals surface area contributed by atoms with E-state index in [1.54, 1.807) is 12.0 Å². The van der Waals surface area contributed by atoms with Gasteiger partial charge in [0.2, 0.25) is 0 Å². The third kappa shape index (κ3) is 2.99. The molecular weight excluding hydrogens is 342 g/mol. The summed E-state index contributed by atoms with van der Waals surface area (Å²) in [5, 5.41) is 1.34. The first-order valence-corrected chi connectivity index (χ1v) is 8.89. The van der Waals surface area contributed by atoms with Crippen molar-refractivity contribution in [3.05, 3.63) is 57.9 Å².